The first kappa shape index (κ1) is 11.9. The smallest absolute Gasteiger partial charge is 0.217 e. The van der Waals surface area contributed by atoms with Gasteiger partial charge in [-0.15, -0.1) is 0 Å². The van der Waals surface area contributed by atoms with Crippen molar-refractivity contribution < 1.29 is 9.53 Å². The maximum atomic E-state index is 10.9. The average Bonchev–Trinajstić information content (AvgIpc) is 2.38. The summed E-state index contributed by atoms with van der Waals surface area (Å²) in [6, 6.07) is 0. The Balaban J connectivity index is 2.11. The molecule has 92 valence electrons. The molecule has 0 saturated carbocycles. The molecule has 2 rings (SSSR count). The van der Waals surface area contributed by atoms with Gasteiger partial charge >= 0.3 is 0 Å². The van der Waals surface area contributed by atoms with Crippen molar-refractivity contribution in [1.82, 2.24) is 20.6 Å². The zero-order valence-electron chi connectivity index (χ0n) is 9.77. The van der Waals surface area contributed by atoms with E-state index < -0.39 is 0 Å². The van der Waals surface area contributed by atoms with E-state index in [-0.39, 0.29) is 12.0 Å². The number of amides is 1. The highest BCUT2D eigenvalue weighted by molar-refractivity contribution is 5.72. The van der Waals surface area contributed by atoms with E-state index >= 15 is 0 Å². The average molecular weight is 236 g/mol. The molecule has 1 atom stereocenters. The van der Waals surface area contributed by atoms with Gasteiger partial charge in [-0.3, -0.25) is 4.79 Å². The standard InChI is InChI=1S/C11H16N4O2/c1-8(16)14-5-9-4-13-7-15-11(9)10-6-12-2-3-17-10/h4,7,10,12H,2-3,5-6H2,1H3,(H,14,16)/t10-/m0/s1. The van der Waals surface area contributed by atoms with Crippen molar-refractivity contribution in [1.29, 1.82) is 0 Å². The van der Waals surface area contributed by atoms with Crippen LogP contribution in [0.4, 0.5) is 0 Å². The minimum absolute atomic E-state index is 0.0597. The van der Waals surface area contributed by atoms with Gasteiger partial charge in [0.25, 0.3) is 0 Å². The predicted octanol–water partition coefficient (Wildman–Crippen LogP) is -0.226. The topological polar surface area (TPSA) is 76.1 Å². The van der Waals surface area contributed by atoms with E-state index in [1.165, 1.54) is 13.3 Å². The summed E-state index contributed by atoms with van der Waals surface area (Å²) in [5.41, 5.74) is 1.75. The predicted molar refractivity (Wildman–Crippen MR) is 61.1 cm³/mol. The van der Waals surface area contributed by atoms with Crippen LogP contribution in [0, 0.1) is 0 Å². The highest BCUT2D eigenvalue weighted by atomic mass is 16.5. The molecule has 1 saturated heterocycles. The van der Waals surface area contributed by atoms with Crippen LogP contribution in [0.15, 0.2) is 12.5 Å². The van der Waals surface area contributed by atoms with E-state index in [0.29, 0.717) is 13.2 Å². The van der Waals surface area contributed by atoms with Crippen molar-refractivity contribution >= 4 is 5.91 Å². The molecule has 0 aliphatic carbocycles. The lowest BCUT2D eigenvalue weighted by Crippen LogP contribution is -2.34. The van der Waals surface area contributed by atoms with Gasteiger partial charge in [0.05, 0.1) is 12.3 Å². The number of nitrogens with one attached hydrogen (secondary N) is 2. The lowest BCUT2D eigenvalue weighted by molar-refractivity contribution is -0.119. The molecule has 1 aliphatic heterocycles. The molecule has 1 aromatic heterocycles. The van der Waals surface area contributed by atoms with Crippen molar-refractivity contribution in [2.24, 2.45) is 0 Å². The summed E-state index contributed by atoms with van der Waals surface area (Å²) in [5, 5.41) is 6.00. The van der Waals surface area contributed by atoms with E-state index in [4.69, 9.17) is 4.74 Å². The lowest BCUT2D eigenvalue weighted by atomic mass is 10.1. The highest BCUT2D eigenvalue weighted by Crippen LogP contribution is 2.19. The summed E-state index contributed by atoms with van der Waals surface area (Å²) >= 11 is 0. The molecule has 2 heterocycles. The van der Waals surface area contributed by atoms with Crippen molar-refractivity contribution in [3.05, 3.63) is 23.8 Å². The van der Waals surface area contributed by atoms with Crippen molar-refractivity contribution in [2.45, 2.75) is 19.6 Å². The molecule has 2 N–H and O–H groups in total. The Morgan fingerprint density at radius 1 is 1.71 bits per heavy atom. The number of aromatic nitrogens is 2. The molecule has 17 heavy (non-hydrogen) atoms. The maximum Gasteiger partial charge on any atom is 0.217 e. The quantitative estimate of drug-likeness (QED) is 0.758. The monoisotopic (exact) mass is 236 g/mol. The van der Waals surface area contributed by atoms with Crippen LogP contribution in [0.2, 0.25) is 0 Å². The number of nitrogens with zero attached hydrogens (tertiary/aromatic N) is 2. The molecule has 6 heteroatoms. The number of morpholine rings is 1. The second-order valence-electron chi connectivity index (χ2n) is 3.91. The summed E-state index contributed by atoms with van der Waals surface area (Å²) < 4.78 is 5.65. The Bertz CT molecular complexity index is 391. The van der Waals surface area contributed by atoms with E-state index in [1.807, 2.05) is 0 Å². The minimum Gasteiger partial charge on any atom is -0.369 e. The Morgan fingerprint density at radius 3 is 3.29 bits per heavy atom. The molecule has 0 radical (unpaired) electrons. The fraction of sp³-hybridized carbons (Fsp3) is 0.545. The Morgan fingerprint density at radius 2 is 2.59 bits per heavy atom. The largest absolute Gasteiger partial charge is 0.369 e. The number of carbonyl (C=O) groups excluding carboxylic acids is 1. The lowest BCUT2D eigenvalue weighted by Gasteiger charge is -2.24. The Labute approximate surface area is 99.8 Å². The molecular weight excluding hydrogens is 220 g/mol. The van der Waals surface area contributed by atoms with Gasteiger partial charge < -0.3 is 15.4 Å². The fourth-order valence-electron chi connectivity index (χ4n) is 1.75. The zero-order chi connectivity index (χ0) is 12.1. The van der Waals surface area contributed by atoms with Crippen LogP contribution in [-0.2, 0) is 16.1 Å². The van der Waals surface area contributed by atoms with Crippen LogP contribution in [0.5, 0.6) is 0 Å². The Hall–Kier alpha value is -1.53. The number of hydrogen-bond acceptors (Lipinski definition) is 5. The number of hydrogen-bond donors (Lipinski definition) is 2. The first-order valence-electron chi connectivity index (χ1n) is 5.63. The second-order valence-corrected chi connectivity index (χ2v) is 3.91. The van der Waals surface area contributed by atoms with Crippen LogP contribution in [0.3, 0.4) is 0 Å². The maximum absolute atomic E-state index is 10.9. The van der Waals surface area contributed by atoms with Crippen LogP contribution in [-0.4, -0.2) is 35.6 Å². The summed E-state index contributed by atoms with van der Waals surface area (Å²) in [5.74, 6) is -0.0671. The summed E-state index contributed by atoms with van der Waals surface area (Å²) in [4.78, 5) is 19.1. The van der Waals surface area contributed by atoms with Gasteiger partial charge in [-0.25, -0.2) is 9.97 Å². The third kappa shape index (κ3) is 3.21. The summed E-state index contributed by atoms with van der Waals surface area (Å²) in [6.07, 6.45) is 3.16. The molecule has 1 amide bonds. The summed E-state index contributed by atoms with van der Waals surface area (Å²) in [7, 11) is 0. The van der Waals surface area contributed by atoms with E-state index in [0.717, 1.165) is 24.3 Å². The highest BCUT2D eigenvalue weighted by Gasteiger charge is 2.20. The molecule has 1 aliphatic rings. The van der Waals surface area contributed by atoms with Crippen molar-refractivity contribution in [3.8, 4) is 0 Å². The molecule has 6 nitrogen and oxygen atoms in total. The second kappa shape index (κ2) is 5.70. The SMILES string of the molecule is CC(=O)NCc1cncnc1[C@@H]1CNCCO1. The van der Waals surface area contributed by atoms with Crippen molar-refractivity contribution in [3.63, 3.8) is 0 Å². The third-order valence-corrected chi connectivity index (χ3v) is 2.58. The van der Waals surface area contributed by atoms with Crippen LogP contribution in [0.25, 0.3) is 0 Å². The number of rotatable bonds is 3. The molecule has 0 aromatic carbocycles. The summed E-state index contributed by atoms with van der Waals surface area (Å²) in [6.45, 7) is 4.20. The first-order valence-corrected chi connectivity index (χ1v) is 5.63. The molecule has 0 spiro atoms. The van der Waals surface area contributed by atoms with Crippen LogP contribution >= 0.6 is 0 Å². The molecule has 1 fully saturated rings. The Kier molecular flexibility index (Phi) is 4.00. The van der Waals surface area contributed by atoms with E-state index in [1.54, 1.807) is 6.20 Å². The van der Waals surface area contributed by atoms with Gasteiger partial charge in [-0.1, -0.05) is 0 Å². The zero-order valence-corrected chi connectivity index (χ0v) is 9.77. The molecule has 0 unspecified atom stereocenters. The van der Waals surface area contributed by atoms with Gasteiger partial charge in [0, 0.05) is 38.3 Å². The third-order valence-electron chi connectivity index (χ3n) is 2.58. The van der Waals surface area contributed by atoms with Gasteiger partial charge in [-0.05, 0) is 0 Å². The molecule has 0 bridgehead atoms. The van der Waals surface area contributed by atoms with Crippen LogP contribution in [0.1, 0.15) is 24.3 Å². The van der Waals surface area contributed by atoms with Crippen molar-refractivity contribution in [2.75, 3.05) is 19.7 Å². The van der Waals surface area contributed by atoms with E-state index in [9.17, 15) is 4.79 Å². The minimum atomic E-state index is -0.0671. The first-order chi connectivity index (χ1) is 8.27. The number of carbonyl (C=O) groups is 1. The molecular formula is C11H16N4O2. The van der Waals surface area contributed by atoms with Gasteiger partial charge in [0.1, 0.15) is 12.4 Å². The molecule has 1 aromatic rings. The van der Waals surface area contributed by atoms with Gasteiger partial charge in [0.15, 0.2) is 0 Å². The van der Waals surface area contributed by atoms with Gasteiger partial charge in [-0.2, -0.15) is 0 Å². The van der Waals surface area contributed by atoms with E-state index in [2.05, 4.69) is 20.6 Å². The fourth-order valence-corrected chi connectivity index (χ4v) is 1.75. The van der Waals surface area contributed by atoms with Gasteiger partial charge in [0.2, 0.25) is 5.91 Å². The van der Waals surface area contributed by atoms with Crippen LogP contribution < -0.4 is 10.6 Å². The number of ether oxygens (including phenoxy) is 1. The normalized spacial score (nSPS) is 19.9.